The van der Waals surface area contributed by atoms with Crippen LogP contribution in [0.15, 0.2) is 30.3 Å². The summed E-state index contributed by atoms with van der Waals surface area (Å²) in [5.74, 6) is 0.725. The third-order valence-electron chi connectivity index (χ3n) is 10.4. The molecular formula is C40H43NO15. The van der Waals surface area contributed by atoms with Crippen LogP contribution in [0.1, 0.15) is 71.2 Å². The summed E-state index contributed by atoms with van der Waals surface area (Å²) < 4.78 is 41.8. The maximum Gasteiger partial charge on any atom is 0.317 e. The van der Waals surface area contributed by atoms with E-state index in [-0.39, 0.29) is 37.4 Å². The molecule has 0 unspecified atom stereocenters. The maximum atomic E-state index is 11.9. The van der Waals surface area contributed by atoms with Gasteiger partial charge in [0.05, 0.1) is 19.1 Å². The zero-order chi connectivity index (χ0) is 39.2. The molecule has 1 fully saturated rings. The number of aliphatic carboxylic acids is 1. The number of carbonyl (C=O) groups excluding carboxylic acids is 1. The van der Waals surface area contributed by atoms with Gasteiger partial charge in [-0.3, -0.25) is 9.59 Å². The highest BCUT2D eigenvalue weighted by molar-refractivity contribution is 5.90. The summed E-state index contributed by atoms with van der Waals surface area (Å²) in [5.41, 5.74) is 11.4. The lowest BCUT2D eigenvalue weighted by Gasteiger charge is -2.41. The van der Waals surface area contributed by atoms with Crippen LogP contribution in [0.4, 0.5) is 0 Å². The van der Waals surface area contributed by atoms with Gasteiger partial charge >= 0.3 is 11.9 Å². The number of hydrogen-bond donors (Lipinski definition) is 5. The lowest BCUT2D eigenvalue weighted by Crippen LogP contribution is -2.60. The number of phenols is 1. The second-order valence-electron chi connectivity index (χ2n) is 14.7. The highest BCUT2D eigenvalue weighted by Gasteiger charge is 2.49. The van der Waals surface area contributed by atoms with Crippen LogP contribution in [-0.2, 0) is 41.5 Å². The minimum atomic E-state index is -1.68. The van der Waals surface area contributed by atoms with E-state index in [9.17, 15) is 24.9 Å². The molecule has 0 radical (unpaired) electrons. The van der Waals surface area contributed by atoms with Crippen LogP contribution in [0.2, 0.25) is 0 Å². The van der Waals surface area contributed by atoms with Crippen LogP contribution in [-0.4, -0.2) is 96.2 Å². The quantitative estimate of drug-likeness (QED) is 0.0603. The van der Waals surface area contributed by atoms with Gasteiger partial charge in [0.1, 0.15) is 54.7 Å². The van der Waals surface area contributed by atoms with E-state index in [0.717, 1.165) is 33.6 Å². The molecule has 7 atom stereocenters. The highest BCUT2D eigenvalue weighted by Crippen LogP contribution is 2.58. The zero-order valence-electron chi connectivity index (χ0n) is 30.7. The fourth-order valence-electron chi connectivity index (χ4n) is 7.85. The summed E-state index contributed by atoms with van der Waals surface area (Å²) in [6.45, 7) is 4.20. The minimum absolute atomic E-state index is 0.0302. The predicted octanol–water partition coefficient (Wildman–Crippen LogP) is 3.12. The van der Waals surface area contributed by atoms with E-state index < -0.39 is 61.8 Å². The first-order valence-corrected chi connectivity index (χ1v) is 18.5. The number of carboxylic acid groups (broad SMARTS) is 1. The summed E-state index contributed by atoms with van der Waals surface area (Å²) >= 11 is 0. The molecular weight excluding hydrogens is 734 g/mol. The van der Waals surface area contributed by atoms with Crippen molar-refractivity contribution in [2.75, 3.05) is 33.2 Å². The number of aromatic hydroxyl groups is 1. The molecule has 16 nitrogen and oxygen atoms in total. The van der Waals surface area contributed by atoms with Crippen molar-refractivity contribution < 1.29 is 72.9 Å². The summed E-state index contributed by atoms with van der Waals surface area (Å²) in [6.07, 6.45) is -4.03. The first-order valence-electron chi connectivity index (χ1n) is 18.5. The van der Waals surface area contributed by atoms with Crippen molar-refractivity contribution in [1.82, 2.24) is 0 Å². The first kappa shape index (κ1) is 37.8. The van der Waals surface area contributed by atoms with E-state index in [1.165, 1.54) is 0 Å². The van der Waals surface area contributed by atoms with Crippen molar-refractivity contribution >= 4 is 24.1 Å². The summed E-state index contributed by atoms with van der Waals surface area (Å²) in [7, 11) is 0. The van der Waals surface area contributed by atoms with Gasteiger partial charge in [0.2, 0.25) is 6.79 Å². The fourth-order valence-corrected chi connectivity index (χ4v) is 7.85. The molecule has 0 spiro atoms. The Morgan fingerprint density at radius 2 is 1.84 bits per heavy atom. The molecule has 0 aromatic heterocycles. The van der Waals surface area contributed by atoms with Crippen LogP contribution < -0.4 is 29.6 Å². The molecule has 16 heteroatoms. The van der Waals surface area contributed by atoms with Crippen molar-refractivity contribution in [1.29, 1.82) is 0 Å². The summed E-state index contributed by atoms with van der Waals surface area (Å²) in [5, 5.41) is 41.5. The van der Waals surface area contributed by atoms with Crippen LogP contribution in [0, 0.1) is 5.92 Å². The van der Waals surface area contributed by atoms with Gasteiger partial charge in [0.15, 0.2) is 29.6 Å². The van der Waals surface area contributed by atoms with Gasteiger partial charge in [0, 0.05) is 40.8 Å². The third kappa shape index (κ3) is 7.08. The van der Waals surface area contributed by atoms with Crippen molar-refractivity contribution in [3.63, 3.8) is 0 Å². The molecule has 8 rings (SSSR count). The number of hydrogen-bond acceptors (Lipinski definition) is 15. The van der Waals surface area contributed by atoms with E-state index in [1.807, 2.05) is 24.3 Å². The topological polar surface area (TPSA) is 224 Å². The van der Waals surface area contributed by atoms with Crippen molar-refractivity contribution in [2.24, 2.45) is 11.7 Å². The Labute approximate surface area is 321 Å². The minimum Gasteiger partial charge on any atom is -0.508 e. The van der Waals surface area contributed by atoms with Gasteiger partial charge in [-0.05, 0) is 47.7 Å². The Kier molecular flexibility index (Phi) is 10.4. The molecule has 6 N–H and O–H groups in total. The number of aliphatic hydroxyl groups excluding tert-OH is 2. The van der Waals surface area contributed by atoms with Crippen LogP contribution in [0.3, 0.4) is 0 Å². The largest absolute Gasteiger partial charge is 0.508 e. The molecule has 1 aliphatic carbocycles. The van der Waals surface area contributed by atoms with Gasteiger partial charge in [-0.25, -0.2) is 0 Å². The van der Waals surface area contributed by atoms with Crippen molar-refractivity contribution in [3.8, 4) is 34.5 Å². The van der Waals surface area contributed by atoms with Gasteiger partial charge in [-0.15, -0.1) is 0 Å². The number of carbonyl (C=O) groups is 2. The smallest absolute Gasteiger partial charge is 0.317 e. The van der Waals surface area contributed by atoms with Crippen LogP contribution >= 0.6 is 0 Å². The number of esters is 1. The Hall–Kier alpha value is -5.10. The monoisotopic (exact) mass is 777 g/mol. The van der Waals surface area contributed by atoms with E-state index in [2.05, 4.69) is 13.8 Å². The molecule has 0 saturated carbocycles. The lowest BCUT2D eigenvalue weighted by molar-refractivity contribution is -0.372. The number of fused-ring (bicyclic) bond motifs is 9. The van der Waals surface area contributed by atoms with Gasteiger partial charge < -0.3 is 64.2 Å². The normalized spacial score (nSPS) is 25.1. The number of aliphatic hydroxyl groups is 2. The summed E-state index contributed by atoms with van der Waals surface area (Å²) in [6, 6.07) is 8.87. The van der Waals surface area contributed by atoms with Crippen molar-refractivity contribution in [3.05, 3.63) is 69.3 Å². The Morgan fingerprint density at radius 3 is 2.62 bits per heavy atom. The molecule has 0 bridgehead atoms. The van der Waals surface area contributed by atoms with Crippen LogP contribution in [0.5, 0.6) is 34.5 Å². The second-order valence-corrected chi connectivity index (χ2v) is 14.7. The average molecular weight is 778 g/mol. The Bertz CT molecular complexity index is 2050. The number of carboxylic acids is 1. The van der Waals surface area contributed by atoms with Crippen LogP contribution in [0.25, 0.3) is 12.2 Å². The predicted molar refractivity (Wildman–Crippen MR) is 193 cm³/mol. The molecule has 1 saturated heterocycles. The van der Waals surface area contributed by atoms with Gasteiger partial charge in [-0.1, -0.05) is 32.1 Å². The van der Waals surface area contributed by atoms with Gasteiger partial charge in [-0.2, -0.15) is 4.89 Å². The zero-order valence-corrected chi connectivity index (χ0v) is 30.7. The Balaban J connectivity index is 1.13. The number of benzene rings is 3. The fraction of sp³-hybridized carbons (Fsp3) is 0.450. The SMILES string of the molecule is CC(C)Cc1c2c(cc3c1O[C@@H]1c4cc(OO[C@H]5[C@H](OCCN)O[C@H](COC(=O)CC(=O)O)[C@@H](O)[C@@H]5O)c5c(c4OC[C@H]31)Cc1ccc(O)cc1C=C5)OCO2. The molecule has 0 amide bonds. The summed E-state index contributed by atoms with van der Waals surface area (Å²) in [4.78, 5) is 34.8. The second kappa shape index (κ2) is 15.4. The molecule has 5 aliphatic rings. The van der Waals surface area contributed by atoms with Crippen molar-refractivity contribution in [2.45, 2.75) is 75.8 Å². The molecule has 4 aliphatic heterocycles. The molecule has 298 valence electrons. The number of nitrogens with two attached hydrogens (primary N) is 1. The Morgan fingerprint density at radius 1 is 1.00 bits per heavy atom. The molecule has 56 heavy (non-hydrogen) atoms. The molecule has 4 heterocycles. The third-order valence-corrected chi connectivity index (χ3v) is 10.4. The van der Waals surface area contributed by atoms with E-state index in [1.54, 1.807) is 18.2 Å². The van der Waals surface area contributed by atoms with E-state index in [0.29, 0.717) is 53.7 Å². The van der Waals surface area contributed by atoms with E-state index >= 15 is 0 Å². The number of phenolic OH excluding ortho intramolecular Hbond substituents is 1. The molecule has 3 aromatic carbocycles. The standard InChI is InChI=1S/C40H43NO15/c1-18(2)9-25-36-24(12-29-38(25)52-17-51-29)27-15-50-35-23-11-20-3-5-21(42)10-19(20)4-6-22(23)28(13-26(35)37(27)54-36)55-56-39-34(47)33(46)30(53-40(39)48-8-7-41)16-49-32(45)14-31(43)44/h3-6,10,12-13,18,27,30,33-34,37,39-40,42,46-47H,7-9,11,14-17,41H2,1-2H3,(H,43,44)/t27-,30-,33-,34+,37-,39-,40-/m1/s1. The highest BCUT2D eigenvalue weighted by atomic mass is 17.2. The number of ether oxygens (including phenoxy) is 7. The lowest BCUT2D eigenvalue weighted by atomic mass is 9.85. The molecule has 3 aromatic rings. The van der Waals surface area contributed by atoms with Gasteiger partial charge in [0.25, 0.3) is 0 Å². The number of rotatable bonds is 12. The average Bonchev–Trinajstić information content (AvgIpc) is 3.74. The maximum absolute atomic E-state index is 11.9. The van der Waals surface area contributed by atoms with E-state index in [4.69, 9.17) is 53.8 Å². The first-order chi connectivity index (χ1) is 27.0.